The fraction of sp³-hybridized carbons (Fsp3) is 0.312. The lowest BCUT2D eigenvalue weighted by molar-refractivity contribution is -0.665. The van der Waals surface area contributed by atoms with Crippen LogP contribution in [0.2, 0.25) is 0 Å². The average Bonchev–Trinajstić information content (AvgIpc) is 3.64. The molecule has 42 heavy (non-hydrogen) atoms. The first-order valence-corrected chi connectivity index (χ1v) is 16.5. The normalized spacial score (nSPS) is 14.9. The highest BCUT2D eigenvalue weighted by Crippen LogP contribution is 2.48. The van der Waals surface area contributed by atoms with Crippen LogP contribution in [0, 0.1) is 0 Å². The zero-order chi connectivity index (χ0) is 29.1. The molecule has 0 unspecified atom stereocenters. The van der Waals surface area contributed by atoms with E-state index in [2.05, 4.69) is 90.2 Å². The standard InChI is InChI=1S/C32H34N3O4S3/c1-4-34-24-11-7-8-12-26(24)40-27(34)21-28-35(15-16-38-19-20-39-18-17-37-3)31(36)30(41-28)32-33(2)25-14-13-22-9-5-6-10-23(22)29(25)42-32/h5-14,21H,4,15-20H2,1-3H3/q+1/b32-30+. The van der Waals surface area contributed by atoms with Gasteiger partial charge in [0.25, 0.3) is 10.6 Å². The molecule has 1 aliphatic heterocycles. The summed E-state index contributed by atoms with van der Waals surface area (Å²) in [6, 6.07) is 21.2. The average molecular weight is 621 g/mol. The van der Waals surface area contributed by atoms with Gasteiger partial charge in [-0.1, -0.05) is 65.6 Å². The van der Waals surface area contributed by atoms with Crippen molar-refractivity contribution in [2.45, 2.75) is 24.9 Å². The van der Waals surface area contributed by atoms with E-state index in [1.807, 2.05) is 4.57 Å². The predicted octanol–water partition coefficient (Wildman–Crippen LogP) is 4.40. The topological polar surface area (TPSA) is 56.8 Å². The van der Waals surface area contributed by atoms with Gasteiger partial charge < -0.3 is 19.1 Å². The van der Waals surface area contributed by atoms with Gasteiger partial charge in [-0.15, -0.1) is 11.3 Å². The predicted molar refractivity (Wildman–Crippen MR) is 174 cm³/mol. The van der Waals surface area contributed by atoms with Crippen LogP contribution >= 0.6 is 34.4 Å². The van der Waals surface area contributed by atoms with E-state index >= 15 is 0 Å². The number of anilines is 1. The Kier molecular flexibility index (Phi) is 9.09. The number of aryl methyl sites for hydroxylation is 1. The van der Waals surface area contributed by atoms with Gasteiger partial charge >= 0.3 is 0 Å². The molecular formula is C32H34N3O4S3+. The largest absolute Gasteiger partial charge is 0.382 e. The van der Waals surface area contributed by atoms with Crippen molar-refractivity contribution in [1.82, 2.24) is 4.57 Å². The molecule has 0 N–H and O–H groups in total. The number of fused-ring (bicyclic) bond motifs is 4. The summed E-state index contributed by atoms with van der Waals surface area (Å²) in [4.78, 5) is 17.4. The SMILES string of the molecule is CC[n+]1c(/C=c2/s/c(=C3/Sc4c(ccc5ccccc45)N3C)c(=O)n2CCOCCOCCOC)sc2ccccc21. The van der Waals surface area contributed by atoms with E-state index < -0.39 is 0 Å². The van der Waals surface area contributed by atoms with Gasteiger partial charge in [0.1, 0.15) is 25.5 Å². The van der Waals surface area contributed by atoms with Gasteiger partial charge in [-0.2, -0.15) is 4.57 Å². The summed E-state index contributed by atoms with van der Waals surface area (Å²) in [5.74, 6) is 0. The second-order valence-electron chi connectivity index (χ2n) is 9.84. The molecule has 3 aromatic carbocycles. The fourth-order valence-corrected chi connectivity index (χ4v) is 8.96. The molecule has 10 heteroatoms. The summed E-state index contributed by atoms with van der Waals surface area (Å²) in [6.07, 6.45) is 2.17. The second kappa shape index (κ2) is 13.1. The van der Waals surface area contributed by atoms with Crippen LogP contribution in [-0.4, -0.2) is 51.8 Å². The molecule has 0 spiro atoms. The van der Waals surface area contributed by atoms with Crippen molar-refractivity contribution in [3.8, 4) is 0 Å². The number of para-hydroxylation sites is 1. The number of rotatable bonds is 11. The van der Waals surface area contributed by atoms with E-state index in [0.29, 0.717) is 39.6 Å². The van der Waals surface area contributed by atoms with E-state index in [1.165, 1.54) is 25.9 Å². The number of benzene rings is 3. The first-order valence-electron chi connectivity index (χ1n) is 14.1. The number of nitrogens with zero attached hydrogens (tertiary/aromatic N) is 3. The molecule has 0 amide bonds. The van der Waals surface area contributed by atoms with Crippen LogP contribution in [0.1, 0.15) is 11.9 Å². The molecule has 7 nitrogen and oxygen atoms in total. The maximum atomic E-state index is 14.1. The Hall–Kier alpha value is -2.99. The van der Waals surface area contributed by atoms with Crippen molar-refractivity contribution in [3.05, 3.63) is 85.2 Å². The summed E-state index contributed by atoms with van der Waals surface area (Å²) in [5.41, 5.74) is 2.35. The van der Waals surface area contributed by atoms with Gasteiger partial charge in [-0.25, -0.2) is 0 Å². The number of hydrogen-bond acceptors (Lipinski definition) is 8. The molecular weight excluding hydrogens is 587 g/mol. The molecule has 0 aliphatic carbocycles. The highest BCUT2D eigenvalue weighted by atomic mass is 32.2. The van der Waals surface area contributed by atoms with E-state index in [0.717, 1.165) is 31.5 Å². The van der Waals surface area contributed by atoms with Crippen molar-refractivity contribution in [3.63, 3.8) is 0 Å². The van der Waals surface area contributed by atoms with E-state index in [9.17, 15) is 4.79 Å². The molecule has 0 radical (unpaired) electrons. The van der Waals surface area contributed by atoms with Crippen LogP contribution in [0.25, 0.3) is 32.1 Å². The summed E-state index contributed by atoms with van der Waals surface area (Å²) in [7, 11) is 3.71. The van der Waals surface area contributed by atoms with Gasteiger partial charge in [0, 0.05) is 25.1 Å². The van der Waals surface area contributed by atoms with Crippen LogP contribution in [0.15, 0.2) is 70.4 Å². The summed E-state index contributed by atoms with van der Waals surface area (Å²) in [5, 5.41) is 4.51. The van der Waals surface area contributed by atoms with Crippen molar-refractivity contribution in [2.24, 2.45) is 0 Å². The molecule has 0 atom stereocenters. The Morgan fingerprint density at radius 1 is 0.905 bits per heavy atom. The maximum Gasteiger partial charge on any atom is 0.271 e. The Morgan fingerprint density at radius 2 is 1.67 bits per heavy atom. The van der Waals surface area contributed by atoms with Gasteiger partial charge in [0.2, 0.25) is 5.52 Å². The number of thiazole rings is 2. The van der Waals surface area contributed by atoms with Crippen LogP contribution in [0.3, 0.4) is 0 Å². The number of ether oxygens (including phenoxy) is 3. The third kappa shape index (κ3) is 5.67. The maximum absolute atomic E-state index is 14.1. The Balaban J connectivity index is 1.40. The van der Waals surface area contributed by atoms with E-state index in [-0.39, 0.29) is 5.56 Å². The minimum absolute atomic E-state index is 0.0156. The smallest absolute Gasteiger partial charge is 0.271 e. The van der Waals surface area contributed by atoms with Crippen LogP contribution < -0.4 is 24.2 Å². The molecule has 2 aromatic heterocycles. The lowest BCUT2D eigenvalue weighted by Crippen LogP contribution is -2.36. The minimum atomic E-state index is 0.0156. The molecule has 6 rings (SSSR count). The van der Waals surface area contributed by atoms with E-state index in [1.54, 1.807) is 41.5 Å². The zero-order valence-electron chi connectivity index (χ0n) is 24.0. The summed E-state index contributed by atoms with van der Waals surface area (Å²) in [6.45, 7) is 5.97. The van der Waals surface area contributed by atoms with E-state index in [4.69, 9.17) is 14.2 Å². The van der Waals surface area contributed by atoms with Crippen molar-refractivity contribution in [2.75, 3.05) is 52.1 Å². The monoisotopic (exact) mass is 620 g/mol. The molecule has 3 heterocycles. The third-order valence-corrected chi connectivity index (χ3v) is 11.0. The fourth-order valence-electron chi connectivity index (χ4n) is 5.17. The Bertz CT molecular complexity index is 1910. The Morgan fingerprint density at radius 3 is 2.50 bits per heavy atom. The molecule has 1 aliphatic rings. The molecule has 5 aromatic rings. The zero-order valence-corrected chi connectivity index (χ0v) is 26.4. The minimum Gasteiger partial charge on any atom is -0.382 e. The van der Waals surface area contributed by atoms with Gasteiger partial charge in [0.05, 0.1) is 51.3 Å². The lowest BCUT2D eigenvalue weighted by atomic mass is 10.1. The van der Waals surface area contributed by atoms with Crippen LogP contribution in [0.4, 0.5) is 5.69 Å². The van der Waals surface area contributed by atoms with Gasteiger partial charge in [-0.3, -0.25) is 9.36 Å². The van der Waals surface area contributed by atoms with Gasteiger partial charge in [-0.05, 0) is 29.8 Å². The summed E-state index contributed by atoms with van der Waals surface area (Å²) >= 11 is 5.00. The highest BCUT2D eigenvalue weighted by molar-refractivity contribution is 8.09. The number of methoxy groups -OCH3 is 1. The number of aromatic nitrogens is 2. The second-order valence-corrected chi connectivity index (χ2v) is 12.9. The highest BCUT2D eigenvalue weighted by Gasteiger charge is 2.27. The number of thioether (sulfide) groups is 1. The van der Waals surface area contributed by atoms with Crippen molar-refractivity contribution in [1.29, 1.82) is 0 Å². The first-order chi connectivity index (χ1) is 20.6. The molecule has 0 bridgehead atoms. The Labute approximate surface area is 256 Å². The van der Waals surface area contributed by atoms with Gasteiger partial charge in [0.15, 0.2) is 0 Å². The first kappa shape index (κ1) is 29.1. The molecule has 218 valence electrons. The number of hydrogen-bond donors (Lipinski definition) is 0. The van der Waals surface area contributed by atoms with Crippen molar-refractivity contribution < 1.29 is 18.8 Å². The third-order valence-electron chi connectivity index (χ3n) is 7.29. The van der Waals surface area contributed by atoms with Crippen molar-refractivity contribution >= 4 is 72.2 Å². The molecule has 0 fully saturated rings. The lowest BCUT2D eigenvalue weighted by Gasteiger charge is -2.12. The van der Waals surface area contributed by atoms with Crippen LogP contribution in [0.5, 0.6) is 0 Å². The quantitative estimate of drug-likeness (QED) is 0.161. The molecule has 0 saturated heterocycles. The summed E-state index contributed by atoms with van der Waals surface area (Å²) < 4.78 is 23.5. The van der Waals surface area contributed by atoms with Crippen LogP contribution in [-0.2, 0) is 27.3 Å². The molecule has 0 saturated carbocycles.